The molecule has 0 spiro atoms. The van der Waals surface area contributed by atoms with E-state index in [2.05, 4.69) is 23.5 Å². The number of benzene rings is 3. The molecule has 3 aromatic rings. The summed E-state index contributed by atoms with van der Waals surface area (Å²) in [5.74, 6) is -0.575. The van der Waals surface area contributed by atoms with Gasteiger partial charge in [-0.1, -0.05) is 61.5 Å². The molecule has 0 heterocycles. The summed E-state index contributed by atoms with van der Waals surface area (Å²) in [4.78, 5) is 27.6. The first-order valence-corrected chi connectivity index (χ1v) is 10.8. The third kappa shape index (κ3) is 5.69. The van der Waals surface area contributed by atoms with Gasteiger partial charge in [0.1, 0.15) is 11.9 Å². The van der Waals surface area contributed by atoms with Crippen molar-refractivity contribution in [3.63, 3.8) is 0 Å². The van der Waals surface area contributed by atoms with Gasteiger partial charge in [-0.3, -0.25) is 9.59 Å². The van der Waals surface area contributed by atoms with Crippen LogP contribution in [0.2, 0.25) is 0 Å². The topological polar surface area (TPSA) is 49.4 Å². The Balaban J connectivity index is 1.81. The van der Waals surface area contributed by atoms with E-state index in [-0.39, 0.29) is 24.2 Å². The van der Waals surface area contributed by atoms with E-state index in [4.69, 9.17) is 0 Å². The highest BCUT2D eigenvalue weighted by Crippen LogP contribution is 2.21. The van der Waals surface area contributed by atoms with Crippen LogP contribution in [0.15, 0.2) is 66.7 Å². The van der Waals surface area contributed by atoms with Crippen LogP contribution in [0.5, 0.6) is 0 Å². The average molecular weight is 421 g/mol. The maximum Gasteiger partial charge on any atom is 0.242 e. The van der Waals surface area contributed by atoms with Crippen molar-refractivity contribution in [2.24, 2.45) is 0 Å². The van der Waals surface area contributed by atoms with Gasteiger partial charge in [-0.25, -0.2) is 4.39 Å². The highest BCUT2D eigenvalue weighted by Gasteiger charge is 2.28. The number of aryl methyl sites for hydroxylation is 1. The number of carbonyl (C=O) groups is 2. The fraction of sp³-hybridized carbons (Fsp3) is 0.308. The van der Waals surface area contributed by atoms with Crippen LogP contribution < -0.4 is 5.32 Å². The Bertz CT molecular complexity index is 1030. The van der Waals surface area contributed by atoms with E-state index in [9.17, 15) is 14.0 Å². The van der Waals surface area contributed by atoms with E-state index in [1.807, 2.05) is 38.1 Å². The van der Waals surface area contributed by atoms with E-state index in [0.29, 0.717) is 25.8 Å². The number of amides is 2. The fourth-order valence-corrected chi connectivity index (χ4v) is 3.89. The maximum absolute atomic E-state index is 13.3. The van der Waals surface area contributed by atoms with E-state index < -0.39 is 6.04 Å². The second-order valence-electron chi connectivity index (χ2n) is 7.61. The van der Waals surface area contributed by atoms with Gasteiger partial charge in [0.15, 0.2) is 0 Å². The lowest BCUT2D eigenvalue weighted by Gasteiger charge is -2.30. The van der Waals surface area contributed by atoms with Crippen LogP contribution in [0.1, 0.15) is 37.8 Å². The number of fused-ring (bicyclic) bond motifs is 1. The molecule has 1 atom stereocenters. The molecule has 0 bridgehead atoms. The first-order chi connectivity index (χ1) is 15.0. The number of hydrogen-bond acceptors (Lipinski definition) is 2. The third-order valence-corrected chi connectivity index (χ3v) is 5.49. The molecular formula is C26H29FN2O2. The summed E-state index contributed by atoms with van der Waals surface area (Å²) in [6.45, 7) is 4.53. The largest absolute Gasteiger partial charge is 0.355 e. The average Bonchev–Trinajstić information content (AvgIpc) is 2.78. The molecule has 0 saturated carbocycles. The molecule has 2 amide bonds. The van der Waals surface area contributed by atoms with Gasteiger partial charge in [0, 0.05) is 19.5 Å². The minimum atomic E-state index is -0.565. The van der Waals surface area contributed by atoms with Crippen molar-refractivity contribution in [3.05, 3.63) is 83.7 Å². The van der Waals surface area contributed by atoms with Crippen LogP contribution in [-0.2, 0) is 22.6 Å². The zero-order valence-corrected chi connectivity index (χ0v) is 18.1. The Morgan fingerprint density at radius 2 is 1.68 bits per heavy atom. The minimum absolute atomic E-state index is 0.0876. The number of hydrogen-bond donors (Lipinski definition) is 1. The van der Waals surface area contributed by atoms with Gasteiger partial charge in [-0.15, -0.1) is 0 Å². The molecule has 0 fully saturated rings. The Labute approximate surface area is 183 Å². The number of rotatable bonds is 9. The van der Waals surface area contributed by atoms with Gasteiger partial charge in [0.2, 0.25) is 11.8 Å². The van der Waals surface area contributed by atoms with Crippen molar-refractivity contribution in [1.29, 1.82) is 0 Å². The smallest absolute Gasteiger partial charge is 0.242 e. The monoisotopic (exact) mass is 420 g/mol. The van der Waals surface area contributed by atoms with Crippen LogP contribution in [0, 0.1) is 5.82 Å². The molecule has 3 rings (SSSR count). The van der Waals surface area contributed by atoms with Crippen molar-refractivity contribution in [1.82, 2.24) is 10.2 Å². The maximum atomic E-state index is 13.3. The summed E-state index contributed by atoms with van der Waals surface area (Å²) in [5.41, 5.74) is 1.90. The Hall–Kier alpha value is -3.21. The molecule has 4 nitrogen and oxygen atoms in total. The summed E-state index contributed by atoms with van der Waals surface area (Å²) in [6.07, 6.45) is 1.39. The highest BCUT2D eigenvalue weighted by molar-refractivity contribution is 5.89. The second kappa shape index (κ2) is 10.7. The first-order valence-electron chi connectivity index (χ1n) is 10.8. The summed E-state index contributed by atoms with van der Waals surface area (Å²) in [5, 5.41) is 5.11. The molecule has 5 heteroatoms. The van der Waals surface area contributed by atoms with Gasteiger partial charge in [-0.05, 0) is 53.8 Å². The molecule has 3 aromatic carbocycles. The lowest BCUT2D eigenvalue weighted by Crippen LogP contribution is -2.49. The first kappa shape index (κ1) is 22.5. The van der Waals surface area contributed by atoms with Crippen molar-refractivity contribution >= 4 is 22.6 Å². The van der Waals surface area contributed by atoms with Gasteiger partial charge in [-0.2, -0.15) is 0 Å². The second-order valence-corrected chi connectivity index (χ2v) is 7.61. The third-order valence-electron chi connectivity index (χ3n) is 5.49. The Morgan fingerprint density at radius 3 is 2.39 bits per heavy atom. The number of halogens is 1. The molecule has 162 valence electrons. The van der Waals surface area contributed by atoms with Crippen LogP contribution in [0.3, 0.4) is 0 Å². The lowest BCUT2D eigenvalue weighted by atomic mass is 10.00. The normalized spacial score (nSPS) is 11.8. The lowest BCUT2D eigenvalue weighted by molar-refractivity contribution is -0.141. The molecule has 1 N–H and O–H groups in total. The Kier molecular flexibility index (Phi) is 7.76. The standard InChI is InChI=1S/C26H29FN2O2/c1-3-24(26(31)28-4-2)29(18-19-12-15-22(27)16-13-19)25(30)17-14-21-10-7-9-20-8-5-6-11-23(20)21/h5-13,15-16,24H,3-4,14,17-18H2,1-2H3,(H,28,31)/t24-/m0/s1. The molecule has 0 unspecified atom stereocenters. The van der Waals surface area contributed by atoms with Crippen molar-refractivity contribution in [2.45, 2.75) is 45.7 Å². The SMILES string of the molecule is CCNC(=O)[C@H](CC)N(Cc1ccc(F)cc1)C(=O)CCc1cccc2ccccc12. The van der Waals surface area contributed by atoms with Crippen LogP contribution in [-0.4, -0.2) is 29.3 Å². The van der Waals surface area contributed by atoms with Crippen LogP contribution in [0.25, 0.3) is 10.8 Å². The zero-order chi connectivity index (χ0) is 22.2. The summed E-state index contributed by atoms with van der Waals surface area (Å²) in [6, 6.07) is 19.7. The van der Waals surface area contributed by atoms with Crippen LogP contribution in [0.4, 0.5) is 4.39 Å². The predicted molar refractivity (Wildman–Crippen MR) is 122 cm³/mol. The molecular weight excluding hydrogens is 391 g/mol. The molecule has 0 aliphatic carbocycles. The van der Waals surface area contributed by atoms with Crippen molar-refractivity contribution in [3.8, 4) is 0 Å². The predicted octanol–water partition coefficient (Wildman–Crippen LogP) is 4.86. The zero-order valence-electron chi connectivity index (χ0n) is 18.1. The van der Waals surface area contributed by atoms with Crippen molar-refractivity contribution in [2.75, 3.05) is 6.54 Å². The van der Waals surface area contributed by atoms with Crippen molar-refractivity contribution < 1.29 is 14.0 Å². The molecule has 0 aliphatic heterocycles. The molecule has 0 aliphatic rings. The highest BCUT2D eigenvalue weighted by atomic mass is 19.1. The summed E-state index contributed by atoms with van der Waals surface area (Å²) < 4.78 is 13.3. The van der Waals surface area contributed by atoms with Gasteiger partial charge in [0.05, 0.1) is 0 Å². The van der Waals surface area contributed by atoms with Crippen LogP contribution >= 0.6 is 0 Å². The quantitative estimate of drug-likeness (QED) is 0.538. The molecule has 0 radical (unpaired) electrons. The summed E-state index contributed by atoms with van der Waals surface area (Å²) in [7, 11) is 0. The summed E-state index contributed by atoms with van der Waals surface area (Å²) >= 11 is 0. The minimum Gasteiger partial charge on any atom is -0.355 e. The van der Waals surface area contributed by atoms with E-state index in [1.165, 1.54) is 12.1 Å². The fourth-order valence-electron chi connectivity index (χ4n) is 3.89. The number of nitrogens with zero attached hydrogens (tertiary/aromatic N) is 1. The number of carbonyl (C=O) groups excluding carboxylic acids is 2. The van der Waals surface area contributed by atoms with Gasteiger partial charge < -0.3 is 10.2 Å². The number of likely N-dealkylation sites (N-methyl/N-ethyl adjacent to an activating group) is 1. The van der Waals surface area contributed by atoms with Gasteiger partial charge >= 0.3 is 0 Å². The molecule has 0 saturated heterocycles. The van der Waals surface area contributed by atoms with E-state index >= 15 is 0 Å². The van der Waals surface area contributed by atoms with E-state index in [1.54, 1.807) is 17.0 Å². The van der Waals surface area contributed by atoms with E-state index in [0.717, 1.165) is 21.9 Å². The Morgan fingerprint density at radius 1 is 0.968 bits per heavy atom. The molecule has 31 heavy (non-hydrogen) atoms. The van der Waals surface area contributed by atoms with Gasteiger partial charge in [0.25, 0.3) is 0 Å². The molecule has 0 aromatic heterocycles. The number of nitrogens with one attached hydrogen (secondary N) is 1.